The molecular formula is C27H37F2NO4S. The number of esters is 1. The normalized spacial score (nSPS) is 29.7. The largest absolute Gasteiger partial charge is 0.465 e. The fourth-order valence-corrected chi connectivity index (χ4v) is 7.01. The molecule has 1 unspecified atom stereocenters. The Balaban J connectivity index is 1.76. The van der Waals surface area contributed by atoms with Crippen LogP contribution in [0.5, 0.6) is 0 Å². The number of nitrogens with zero attached hydrogens (tertiary/aromatic N) is 1. The van der Waals surface area contributed by atoms with E-state index in [9.17, 15) is 18.4 Å². The molecule has 2 fully saturated rings. The molecule has 2 saturated carbocycles. The van der Waals surface area contributed by atoms with E-state index in [0.29, 0.717) is 22.9 Å². The van der Waals surface area contributed by atoms with Crippen molar-refractivity contribution in [3.05, 3.63) is 21.6 Å². The first kappa shape index (κ1) is 26.3. The summed E-state index contributed by atoms with van der Waals surface area (Å²) in [5.41, 5.74) is 0.471. The quantitative estimate of drug-likeness (QED) is 0.393. The molecule has 3 aliphatic rings. The average molecular weight is 510 g/mol. The van der Waals surface area contributed by atoms with Gasteiger partial charge in [0.2, 0.25) is 5.91 Å². The molecule has 194 valence electrons. The van der Waals surface area contributed by atoms with E-state index in [1.165, 1.54) is 7.11 Å². The Hall–Kier alpha value is -1.80. The number of halogens is 2. The third-order valence-corrected chi connectivity index (χ3v) is 9.15. The zero-order valence-corrected chi connectivity index (χ0v) is 21.8. The predicted octanol–water partition coefficient (Wildman–Crippen LogP) is 6.85. The van der Waals surface area contributed by atoms with Crippen LogP contribution in [-0.4, -0.2) is 44.4 Å². The second-order valence-corrected chi connectivity index (χ2v) is 11.4. The summed E-state index contributed by atoms with van der Waals surface area (Å²) in [6.45, 7) is 2.21. The van der Waals surface area contributed by atoms with Gasteiger partial charge in [0.15, 0.2) is 0 Å². The minimum Gasteiger partial charge on any atom is -0.465 e. The summed E-state index contributed by atoms with van der Waals surface area (Å²) < 4.78 is 40.2. The SMILES string of the molecule is COC(=O)c1sc(C2=C(F)CCCC2F)cc1N(C(=O)C1CCC(C)CC1)C1CCC(OC)CC1. The van der Waals surface area contributed by atoms with Crippen LogP contribution in [0.2, 0.25) is 0 Å². The monoisotopic (exact) mass is 509 g/mol. The Labute approximate surface area is 210 Å². The fraction of sp³-hybridized carbons (Fsp3) is 0.704. The van der Waals surface area contributed by atoms with E-state index >= 15 is 0 Å². The summed E-state index contributed by atoms with van der Waals surface area (Å²) in [5, 5.41) is 0. The Morgan fingerprint density at radius 3 is 2.31 bits per heavy atom. The van der Waals surface area contributed by atoms with Crippen molar-refractivity contribution >= 4 is 34.5 Å². The number of carbonyl (C=O) groups excluding carboxylic acids is 2. The molecule has 1 amide bonds. The van der Waals surface area contributed by atoms with E-state index in [4.69, 9.17) is 9.47 Å². The van der Waals surface area contributed by atoms with Crippen molar-refractivity contribution in [3.63, 3.8) is 0 Å². The van der Waals surface area contributed by atoms with Crippen LogP contribution in [0.15, 0.2) is 11.9 Å². The first-order chi connectivity index (χ1) is 16.8. The number of thiophene rings is 1. The van der Waals surface area contributed by atoms with Gasteiger partial charge < -0.3 is 14.4 Å². The van der Waals surface area contributed by atoms with Crippen LogP contribution in [0.1, 0.15) is 92.1 Å². The molecule has 0 N–H and O–H groups in total. The summed E-state index contributed by atoms with van der Waals surface area (Å²) in [5.74, 6) is -0.538. The molecule has 0 aliphatic heterocycles. The Bertz CT molecular complexity index is 945. The second kappa shape index (κ2) is 11.5. The molecule has 4 rings (SSSR count). The molecule has 3 aliphatic carbocycles. The summed E-state index contributed by atoms with van der Waals surface area (Å²) in [4.78, 5) is 29.3. The van der Waals surface area contributed by atoms with Crippen molar-refractivity contribution in [3.8, 4) is 0 Å². The van der Waals surface area contributed by atoms with Gasteiger partial charge in [-0.2, -0.15) is 0 Å². The van der Waals surface area contributed by atoms with Gasteiger partial charge in [0.05, 0.1) is 18.9 Å². The molecule has 0 radical (unpaired) electrons. The lowest BCUT2D eigenvalue weighted by molar-refractivity contribution is -0.124. The number of anilines is 1. The van der Waals surface area contributed by atoms with Crippen LogP contribution in [0, 0.1) is 11.8 Å². The van der Waals surface area contributed by atoms with Crippen LogP contribution < -0.4 is 4.90 Å². The third kappa shape index (κ3) is 5.63. The van der Waals surface area contributed by atoms with Gasteiger partial charge in [0.25, 0.3) is 0 Å². The van der Waals surface area contributed by atoms with Crippen LogP contribution >= 0.6 is 11.3 Å². The van der Waals surface area contributed by atoms with Gasteiger partial charge in [0, 0.05) is 29.5 Å². The average Bonchev–Trinajstić information content (AvgIpc) is 3.28. The molecule has 35 heavy (non-hydrogen) atoms. The number of alkyl halides is 1. The summed E-state index contributed by atoms with van der Waals surface area (Å²) in [6.07, 6.45) is 6.45. The van der Waals surface area contributed by atoms with Gasteiger partial charge in [-0.05, 0) is 82.6 Å². The number of ether oxygens (including phenoxy) is 2. The number of carbonyl (C=O) groups is 2. The van der Waals surface area contributed by atoms with Gasteiger partial charge >= 0.3 is 5.97 Å². The van der Waals surface area contributed by atoms with E-state index < -0.39 is 18.0 Å². The maximum absolute atomic E-state index is 14.8. The van der Waals surface area contributed by atoms with Crippen molar-refractivity contribution in [2.24, 2.45) is 11.8 Å². The first-order valence-corrected chi connectivity index (χ1v) is 13.8. The second-order valence-electron chi connectivity index (χ2n) is 10.3. The van der Waals surface area contributed by atoms with E-state index in [1.54, 1.807) is 18.1 Å². The highest BCUT2D eigenvalue weighted by atomic mass is 32.1. The molecule has 5 nitrogen and oxygen atoms in total. The minimum atomic E-state index is -1.41. The first-order valence-electron chi connectivity index (χ1n) is 12.9. The molecule has 1 atom stereocenters. The molecule has 0 bridgehead atoms. The van der Waals surface area contributed by atoms with Crippen molar-refractivity contribution in [1.82, 2.24) is 0 Å². The van der Waals surface area contributed by atoms with Crippen LogP contribution in [-0.2, 0) is 14.3 Å². The minimum absolute atomic E-state index is 0.0159. The van der Waals surface area contributed by atoms with Crippen LogP contribution in [0.3, 0.4) is 0 Å². The topological polar surface area (TPSA) is 55.8 Å². The van der Waals surface area contributed by atoms with Crippen molar-refractivity contribution in [2.45, 2.75) is 95.9 Å². The number of methoxy groups -OCH3 is 2. The molecule has 0 spiro atoms. The van der Waals surface area contributed by atoms with Crippen LogP contribution in [0.25, 0.3) is 5.57 Å². The lowest BCUT2D eigenvalue weighted by Gasteiger charge is -2.39. The standard InChI is InChI=1S/C27H37F2NO4S/c1-16-7-9-17(10-8-16)26(31)30(18-11-13-19(33-2)14-12-18)22-15-23(35-25(22)27(32)34-3)24-20(28)5-4-6-21(24)29/h15-20H,4-14H2,1-3H3. The maximum atomic E-state index is 14.8. The highest BCUT2D eigenvalue weighted by molar-refractivity contribution is 7.15. The number of hydrogen-bond acceptors (Lipinski definition) is 5. The number of rotatable bonds is 6. The Morgan fingerprint density at radius 1 is 1.03 bits per heavy atom. The van der Waals surface area contributed by atoms with Gasteiger partial charge in [-0.3, -0.25) is 4.79 Å². The van der Waals surface area contributed by atoms with Crippen molar-refractivity contribution in [2.75, 3.05) is 19.1 Å². The number of allylic oxidation sites excluding steroid dienone is 2. The van der Waals surface area contributed by atoms with Gasteiger partial charge in [-0.1, -0.05) is 6.92 Å². The zero-order valence-electron chi connectivity index (χ0n) is 21.0. The van der Waals surface area contributed by atoms with E-state index in [2.05, 4.69) is 6.92 Å². The summed E-state index contributed by atoms with van der Waals surface area (Å²) in [6, 6.07) is 1.57. The van der Waals surface area contributed by atoms with Gasteiger partial charge in [0.1, 0.15) is 16.9 Å². The van der Waals surface area contributed by atoms with E-state index in [1.807, 2.05) is 0 Å². The van der Waals surface area contributed by atoms with Crippen LogP contribution in [0.4, 0.5) is 14.5 Å². The van der Waals surface area contributed by atoms with E-state index in [0.717, 1.165) is 62.7 Å². The Morgan fingerprint density at radius 2 is 1.71 bits per heavy atom. The molecule has 1 heterocycles. The molecular weight excluding hydrogens is 472 g/mol. The smallest absolute Gasteiger partial charge is 0.350 e. The predicted molar refractivity (Wildman–Crippen MR) is 134 cm³/mol. The fourth-order valence-electron chi connectivity index (χ4n) is 5.84. The number of amides is 1. The van der Waals surface area contributed by atoms with Crippen molar-refractivity contribution < 1.29 is 27.8 Å². The van der Waals surface area contributed by atoms with Gasteiger partial charge in [-0.25, -0.2) is 13.6 Å². The van der Waals surface area contributed by atoms with Crippen molar-refractivity contribution in [1.29, 1.82) is 0 Å². The van der Waals surface area contributed by atoms with Gasteiger partial charge in [-0.15, -0.1) is 11.3 Å². The highest BCUT2D eigenvalue weighted by Gasteiger charge is 2.38. The maximum Gasteiger partial charge on any atom is 0.350 e. The lowest BCUT2D eigenvalue weighted by atomic mass is 9.81. The molecule has 1 aromatic heterocycles. The molecule has 1 aromatic rings. The molecule has 0 saturated heterocycles. The highest BCUT2D eigenvalue weighted by Crippen LogP contribution is 2.44. The third-order valence-electron chi connectivity index (χ3n) is 8.01. The number of hydrogen-bond donors (Lipinski definition) is 0. The summed E-state index contributed by atoms with van der Waals surface area (Å²) in [7, 11) is 3.00. The van der Waals surface area contributed by atoms with E-state index in [-0.39, 0.29) is 47.3 Å². The molecule has 0 aromatic carbocycles. The summed E-state index contributed by atoms with van der Waals surface area (Å²) >= 11 is 1.04. The zero-order chi connectivity index (χ0) is 25.1. The Kier molecular flexibility index (Phi) is 8.63. The molecule has 8 heteroatoms. The lowest BCUT2D eigenvalue weighted by Crippen LogP contribution is -2.47.